The number of benzene rings is 3. The first kappa shape index (κ1) is 22.0. The Labute approximate surface area is 171 Å². The summed E-state index contributed by atoms with van der Waals surface area (Å²) in [5.74, 6) is -0.358. The molecule has 0 aromatic heterocycles. The fourth-order valence-electron chi connectivity index (χ4n) is 2.03. The van der Waals surface area contributed by atoms with Crippen molar-refractivity contribution in [3.63, 3.8) is 0 Å². The highest BCUT2D eigenvalue weighted by atomic mass is 32.1. The molecule has 3 aromatic carbocycles. The second-order valence-electron chi connectivity index (χ2n) is 5.61. The Kier molecular flexibility index (Phi) is 7.79. The number of nitrogens with one attached hydrogen (secondary N) is 2. The van der Waals surface area contributed by atoms with Crippen LogP contribution >= 0.6 is 12.6 Å². The maximum atomic E-state index is 12.0. The third-order valence-electron chi connectivity index (χ3n) is 3.27. The molecular weight excluding hydrogens is 403 g/mol. The smallest absolute Gasteiger partial charge is 0.406 e. The Bertz CT molecular complexity index is 903. The molecule has 0 saturated carbocycles. The van der Waals surface area contributed by atoms with E-state index in [1.54, 1.807) is 24.3 Å². The van der Waals surface area contributed by atoms with Crippen molar-refractivity contribution < 1.29 is 22.7 Å². The number of carbonyl (C=O) groups is 1. The SMILES string of the molecule is Nc1ccccc1.O=C(Nc1ccc(S)cc1)Nc1ccc(OC(F)(F)F)cc1. The number of ether oxygens (including phenoxy) is 1. The van der Waals surface area contributed by atoms with E-state index in [0.717, 1.165) is 22.7 Å². The topological polar surface area (TPSA) is 76.4 Å². The Hall–Kier alpha value is -3.33. The predicted octanol–water partition coefficient (Wildman–Crippen LogP) is 5.79. The van der Waals surface area contributed by atoms with Crippen LogP contribution < -0.4 is 21.1 Å². The highest BCUT2D eigenvalue weighted by molar-refractivity contribution is 7.80. The summed E-state index contributed by atoms with van der Waals surface area (Å²) >= 11 is 4.12. The van der Waals surface area contributed by atoms with E-state index in [1.165, 1.54) is 12.1 Å². The van der Waals surface area contributed by atoms with Crippen LogP contribution in [-0.2, 0) is 0 Å². The molecule has 0 aliphatic carbocycles. The van der Waals surface area contributed by atoms with Crippen molar-refractivity contribution in [2.24, 2.45) is 0 Å². The molecule has 0 fully saturated rings. The lowest BCUT2D eigenvalue weighted by atomic mass is 10.3. The number of alkyl halides is 3. The van der Waals surface area contributed by atoms with Gasteiger partial charge in [-0.25, -0.2) is 4.79 Å². The molecule has 0 spiro atoms. The van der Waals surface area contributed by atoms with Gasteiger partial charge in [-0.15, -0.1) is 25.8 Å². The number of halogens is 3. The molecule has 3 aromatic rings. The summed E-state index contributed by atoms with van der Waals surface area (Å²) in [5.41, 5.74) is 7.07. The largest absolute Gasteiger partial charge is 0.573 e. The summed E-state index contributed by atoms with van der Waals surface area (Å²) in [4.78, 5) is 12.5. The van der Waals surface area contributed by atoms with Gasteiger partial charge in [0.2, 0.25) is 0 Å². The van der Waals surface area contributed by atoms with E-state index in [1.807, 2.05) is 30.3 Å². The second kappa shape index (κ2) is 10.3. The molecule has 0 heterocycles. The number of para-hydroxylation sites is 1. The Morgan fingerprint density at radius 1 is 0.828 bits per heavy atom. The minimum atomic E-state index is -4.74. The Morgan fingerprint density at radius 2 is 1.31 bits per heavy atom. The van der Waals surface area contributed by atoms with E-state index in [4.69, 9.17) is 5.73 Å². The van der Waals surface area contributed by atoms with Gasteiger partial charge in [0.15, 0.2) is 0 Å². The zero-order chi connectivity index (χ0) is 21.3. The number of thiol groups is 1. The van der Waals surface area contributed by atoms with Gasteiger partial charge in [0.25, 0.3) is 0 Å². The van der Waals surface area contributed by atoms with Crippen LogP contribution in [0, 0.1) is 0 Å². The third kappa shape index (κ3) is 8.93. The van der Waals surface area contributed by atoms with Gasteiger partial charge in [-0.05, 0) is 60.7 Å². The van der Waals surface area contributed by atoms with Gasteiger partial charge in [0.1, 0.15) is 5.75 Å². The molecule has 5 nitrogen and oxygen atoms in total. The normalized spacial score (nSPS) is 10.3. The van der Waals surface area contributed by atoms with Crippen LogP contribution in [0.4, 0.5) is 35.0 Å². The van der Waals surface area contributed by atoms with Crippen molar-refractivity contribution in [2.45, 2.75) is 11.3 Å². The lowest BCUT2D eigenvalue weighted by molar-refractivity contribution is -0.274. The molecule has 9 heteroatoms. The summed E-state index contributed by atoms with van der Waals surface area (Å²) in [6.45, 7) is 0. The summed E-state index contributed by atoms with van der Waals surface area (Å²) < 4.78 is 39.8. The maximum Gasteiger partial charge on any atom is 0.573 e. The third-order valence-corrected chi connectivity index (χ3v) is 3.57. The molecule has 0 aliphatic heterocycles. The summed E-state index contributed by atoms with van der Waals surface area (Å²) in [5, 5.41) is 5.06. The number of nitrogens with two attached hydrogens (primary N) is 1. The fourth-order valence-corrected chi connectivity index (χ4v) is 2.18. The number of carbonyl (C=O) groups excluding carboxylic acids is 1. The van der Waals surface area contributed by atoms with Crippen molar-refractivity contribution in [1.82, 2.24) is 0 Å². The zero-order valence-corrected chi connectivity index (χ0v) is 15.9. The molecule has 0 radical (unpaired) electrons. The van der Waals surface area contributed by atoms with E-state index >= 15 is 0 Å². The summed E-state index contributed by atoms with van der Waals surface area (Å²) in [6.07, 6.45) is -4.74. The van der Waals surface area contributed by atoms with Crippen molar-refractivity contribution in [3.8, 4) is 5.75 Å². The molecule has 4 N–H and O–H groups in total. The van der Waals surface area contributed by atoms with Gasteiger partial charge in [-0.2, -0.15) is 0 Å². The minimum Gasteiger partial charge on any atom is -0.406 e. The van der Waals surface area contributed by atoms with E-state index in [0.29, 0.717) is 11.4 Å². The molecule has 2 amide bonds. The van der Waals surface area contributed by atoms with Gasteiger partial charge < -0.3 is 21.1 Å². The van der Waals surface area contributed by atoms with E-state index in [9.17, 15) is 18.0 Å². The van der Waals surface area contributed by atoms with Crippen molar-refractivity contribution in [3.05, 3.63) is 78.9 Å². The van der Waals surface area contributed by atoms with Gasteiger partial charge in [0.05, 0.1) is 0 Å². The fraction of sp³-hybridized carbons (Fsp3) is 0.0500. The van der Waals surface area contributed by atoms with Crippen LogP contribution in [0.5, 0.6) is 5.75 Å². The van der Waals surface area contributed by atoms with Crippen LogP contribution in [0.3, 0.4) is 0 Å². The number of urea groups is 1. The molecule has 0 atom stereocenters. The number of hydrogen-bond acceptors (Lipinski definition) is 4. The quantitative estimate of drug-likeness (QED) is 0.320. The van der Waals surface area contributed by atoms with Crippen LogP contribution in [0.15, 0.2) is 83.8 Å². The van der Waals surface area contributed by atoms with Crippen LogP contribution in [0.25, 0.3) is 0 Å². The Balaban J connectivity index is 0.000000360. The zero-order valence-electron chi connectivity index (χ0n) is 15.0. The van der Waals surface area contributed by atoms with Gasteiger partial charge >= 0.3 is 12.4 Å². The van der Waals surface area contributed by atoms with Crippen molar-refractivity contribution >= 4 is 35.7 Å². The molecule has 3 rings (SSSR count). The number of rotatable bonds is 3. The monoisotopic (exact) mass is 421 g/mol. The average molecular weight is 421 g/mol. The van der Waals surface area contributed by atoms with Gasteiger partial charge in [-0.3, -0.25) is 0 Å². The standard InChI is InChI=1S/C14H11F3N2O2S.C6H7N/c15-14(16,17)21-11-5-1-9(2-6-11)18-13(20)19-10-3-7-12(22)8-4-10;7-6-4-2-1-3-5-6/h1-8,22H,(H2,18,19,20);1-5H,7H2. The first-order valence-corrected chi connectivity index (χ1v) is 8.69. The lowest BCUT2D eigenvalue weighted by Gasteiger charge is -2.10. The number of nitrogen functional groups attached to an aromatic ring is 1. The number of anilines is 3. The molecule has 0 saturated heterocycles. The van der Waals surface area contributed by atoms with Gasteiger partial charge in [0, 0.05) is 22.0 Å². The summed E-state index contributed by atoms with van der Waals surface area (Å²) in [6, 6.07) is 20.6. The summed E-state index contributed by atoms with van der Waals surface area (Å²) in [7, 11) is 0. The molecule has 0 aliphatic rings. The first-order valence-electron chi connectivity index (χ1n) is 8.25. The van der Waals surface area contributed by atoms with Crippen molar-refractivity contribution in [2.75, 3.05) is 16.4 Å². The predicted molar refractivity (Wildman–Crippen MR) is 110 cm³/mol. The van der Waals surface area contributed by atoms with Crippen molar-refractivity contribution in [1.29, 1.82) is 0 Å². The first-order chi connectivity index (χ1) is 13.7. The molecule has 0 unspecified atom stereocenters. The van der Waals surface area contributed by atoms with Crippen LogP contribution in [0.2, 0.25) is 0 Å². The molecule has 152 valence electrons. The van der Waals surface area contributed by atoms with Gasteiger partial charge in [-0.1, -0.05) is 18.2 Å². The lowest BCUT2D eigenvalue weighted by Crippen LogP contribution is -2.19. The highest BCUT2D eigenvalue weighted by Gasteiger charge is 2.30. The average Bonchev–Trinajstić information content (AvgIpc) is 2.65. The molecule has 0 bridgehead atoms. The van der Waals surface area contributed by atoms with E-state index in [2.05, 4.69) is 28.0 Å². The Morgan fingerprint density at radius 3 is 1.72 bits per heavy atom. The number of amides is 2. The number of hydrogen-bond donors (Lipinski definition) is 4. The van der Waals surface area contributed by atoms with E-state index in [-0.39, 0.29) is 5.75 Å². The second-order valence-corrected chi connectivity index (χ2v) is 6.13. The maximum absolute atomic E-state index is 12.0. The van der Waals surface area contributed by atoms with E-state index < -0.39 is 12.4 Å². The van der Waals surface area contributed by atoms with Crippen LogP contribution in [0.1, 0.15) is 0 Å². The molecule has 29 heavy (non-hydrogen) atoms. The molecular formula is C20H18F3N3O2S. The highest BCUT2D eigenvalue weighted by Crippen LogP contribution is 2.24. The van der Waals surface area contributed by atoms with Crippen LogP contribution in [-0.4, -0.2) is 12.4 Å². The minimum absolute atomic E-state index is 0.331.